The van der Waals surface area contributed by atoms with E-state index in [1.807, 2.05) is 30.3 Å². The quantitative estimate of drug-likeness (QED) is 0.557. The van der Waals surface area contributed by atoms with Gasteiger partial charge < -0.3 is 9.64 Å². The first-order valence-electron chi connectivity index (χ1n) is 10.8. The fourth-order valence-electron chi connectivity index (χ4n) is 3.59. The average molecular weight is 515 g/mol. The Morgan fingerprint density at radius 3 is 2.59 bits per heavy atom. The van der Waals surface area contributed by atoms with Crippen molar-refractivity contribution < 1.29 is 26.3 Å². The van der Waals surface area contributed by atoms with E-state index in [2.05, 4.69) is 15.4 Å². The van der Waals surface area contributed by atoms with E-state index in [1.54, 1.807) is 4.31 Å². The van der Waals surface area contributed by atoms with Crippen LogP contribution in [0.5, 0.6) is 0 Å². The van der Waals surface area contributed by atoms with Crippen molar-refractivity contribution >= 4 is 33.4 Å². The van der Waals surface area contributed by atoms with Gasteiger partial charge in [0.2, 0.25) is 12.1 Å². The van der Waals surface area contributed by atoms with Crippen LogP contribution < -0.4 is 9.73 Å². The number of benzene rings is 2. The van der Waals surface area contributed by atoms with Gasteiger partial charge in [-0.05, 0) is 24.3 Å². The van der Waals surface area contributed by atoms with Gasteiger partial charge >= 0.3 is 0 Å². The molecule has 2 unspecified atom stereocenters. The molecule has 4 rings (SSSR count). The van der Waals surface area contributed by atoms with Crippen molar-refractivity contribution in [1.29, 1.82) is 0 Å². The van der Waals surface area contributed by atoms with Crippen molar-refractivity contribution in [1.82, 2.24) is 10.3 Å². The van der Waals surface area contributed by atoms with Crippen LogP contribution in [0, 0.1) is 5.82 Å². The molecule has 0 radical (unpaired) electrons. The first-order chi connectivity index (χ1) is 16.4. The minimum Gasteiger partial charge on any atom is -0.445 e. The molecular weight excluding hydrogens is 489 g/mol. The first kappa shape index (κ1) is 24.7. The molecular formula is C22H25F3N4O3S2. The summed E-state index contributed by atoms with van der Waals surface area (Å²) < 4.78 is 72.0. The van der Waals surface area contributed by atoms with Crippen LogP contribution in [0.4, 0.5) is 18.9 Å². The summed E-state index contributed by atoms with van der Waals surface area (Å²) in [5.41, 5.74) is 3.39. The van der Waals surface area contributed by atoms with E-state index in [4.69, 9.17) is 4.74 Å². The Morgan fingerprint density at radius 1 is 1.21 bits per heavy atom. The molecule has 34 heavy (non-hydrogen) atoms. The minimum absolute atomic E-state index is 0.0536. The predicted octanol–water partition coefficient (Wildman–Crippen LogP) is 2.43. The Morgan fingerprint density at radius 2 is 1.94 bits per heavy atom. The van der Waals surface area contributed by atoms with Crippen LogP contribution in [0.1, 0.15) is 11.1 Å². The topological polar surface area (TPSA) is 74.2 Å². The number of hydrazone groups is 1. The summed E-state index contributed by atoms with van der Waals surface area (Å²) in [6.45, 7) is 2.05. The third kappa shape index (κ3) is 6.16. The molecule has 1 saturated heterocycles. The first-order valence-corrected chi connectivity index (χ1v) is 13.5. The van der Waals surface area contributed by atoms with Gasteiger partial charge in [-0.3, -0.25) is 13.9 Å². The van der Waals surface area contributed by atoms with Crippen molar-refractivity contribution in [2.75, 3.05) is 41.2 Å². The summed E-state index contributed by atoms with van der Waals surface area (Å²) in [4.78, 5) is 2.14. The molecule has 0 spiro atoms. The number of anilines is 1. The predicted molar refractivity (Wildman–Crippen MR) is 127 cm³/mol. The zero-order valence-electron chi connectivity index (χ0n) is 18.2. The number of rotatable bonds is 9. The maximum absolute atomic E-state index is 15.0. The molecule has 2 aromatic rings. The lowest BCUT2D eigenvalue weighted by Crippen LogP contribution is -2.41. The van der Waals surface area contributed by atoms with Crippen LogP contribution >= 0.6 is 0 Å². The van der Waals surface area contributed by atoms with Crippen molar-refractivity contribution in [3.8, 4) is 0 Å². The van der Waals surface area contributed by atoms with E-state index in [0.717, 1.165) is 0 Å². The highest BCUT2D eigenvalue weighted by atomic mass is 32.2. The van der Waals surface area contributed by atoms with Gasteiger partial charge in [0, 0.05) is 58.8 Å². The second kappa shape index (κ2) is 11.3. The van der Waals surface area contributed by atoms with E-state index in [-0.39, 0.29) is 18.0 Å². The van der Waals surface area contributed by atoms with Gasteiger partial charge in [-0.1, -0.05) is 24.3 Å². The third-order valence-electron chi connectivity index (χ3n) is 5.52. The molecule has 184 valence electrons. The third-order valence-corrected chi connectivity index (χ3v) is 8.16. The lowest BCUT2D eigenvalue weighted by Gasteiger charge is -2.28. The lowest BCUT2D eigenvalue weighted by molar-refractivity contribution is 0.000583. The number of hydrogen-bond donors (Lipinski definition) is 1. The van der Waals surface area contributed by atoms with E-state index in [1.165, 1.54) is 18.2 Å². The highest BCUT2D eigenvalue weighted by molar-refractivity contribution is 7.86. The number of para-hydroxylation sites is 1. The number of nitrogens with zero attached hydrogens (tertiary/aromatic N) is 3. The molecule has 7 nitrogen and oxygen atoms in total. The second-order valence-electron chi connectivity index (χ2n) is 7.81. The Bertz CT molecular complexity index is 1060. The lowest BCUT2D eigenvalue weighted by atomic mass is 10.1. The highest BCUT2D eigenvalue weighted by Gasteiger charge is 2.29. The summed E-state index contributed by atoms with van der Waals surface area (Å²) in [5, 5.41) is 3.70. The summed E-state index contributed by atoms with van der Waals surface area (Å²) in [6, 6.07) is 13.3. The Balaban J connectivity index is 1.46. The molecule has 1 fully saturated rings. The SMILES string of the molecule is O=S1CCN(CCS(=O)N(Cc2ccc(C3=NNC(C(F)F)O3)cc2F)c2ccccc2)CC1. The molecule has 0 amide bonds. The van der Waals surface area contributed by atoms with Gasteiger partial charge in [0.05, 0.1) is 12.3 Å². The normalized spacial score (nSPS) is 20.0. The molecule has 2 aromatic carbocycles. The Labute approximate surface area is 201 Å². The number of ether oxygens (including phenoxy) is 1. The van der Waals surface area contributed by atoms with Crippen LogP contribution in [0.25, 0.3) is 0 Å². The standard InChI is InChI=1S/C22H25F3N4O3S2/c23-19-14-16(21-26-27-22(32-21)20(24)25)6-7-17(19)15-29(18-4-2-1-3-5-18)34(31)13-10-28-8-11-33(30)12-9-28/h1-7,14,20,22,27H,8-13,15H2. The summed E-state index contributed by atoms with van der Waals surface area (Å²) in [7, 11) is -2.22. The van der Waals surface area contributed by atoms with Crippen molar-refractivity contribution in [3.63, 3.8) is 0 Å². The number of nitrogens with one attached hydrogen (secondary N) is 1. The maximum atomic E-state index is 15.0. The maximum Gasteiger partial charge on any atom is 0.294 e. The fraction of sp³-hybridized carbons (Fsp3) is 0.409. The van der Waals surface area contributed by atoms with Crippen molar-refractivity contribution in [2.45, 2.75) is 19.2 Å². The Kier molecular flexibility index (Phi) is 8.22. The monoisotopic (exact) mass is 514 g/mol. The van der Waals surface area contributed by atoms with Gasteiger partial charge in [-0.2, -0.15) is 0 Å². The molecule has 2 aliphatic rings. The number of hydrogen-bond acceptors (Lipinski definition) is 6. The molecule has 2 aliphatic heterocycles. The average Bonchev–Trinajstić information content (AvgIpc) is 3.34. The molecule has 0 bridgehead atoms. The summed E-state index contributed by atoms with van der Waals surface area (Å²) in [6.07, 6.45) is -4.33. The highest BCUT2D eigenvalue weighted by Crippen LogP contribution is 2.23. The molecule has 0 aliphatic carbocycles. The molecule has 1 N–H and O–H groups in total. The molecule has 0 saturated carbocycles. The largest absolute Gasteiger partial charge is 0.445 e. The van der Waals surface area contributed by atoms with Crippen LogP contribution in [0.15, 0.2) is 53.6 Å². The van der Waals surface area contributed by atoms with Crippen LogP contribution in [-0.4, -0.2) is 68.8 Å². The van der Waals surface area contributed by atoms with Gasteiger partial charge in [0.15, 0.2) is 0 Å². The fourth-order valence-corrected chi connectivity index (χ4v) is 5.99. The Hall–Kier alpha value is -2.44. The van der Waals surface area contributed by atoms with Crippen LogP contribution in [0.2, 0.25) is 0 Å². The zero-order chi connectivity index (χ0) is 24.1. The van der Waals surface area contributed by atoms with Crippen molar-refractivity contribution in [3.05, 3.63) is 65.5 Å². The van der Waals surface area contributed by atoms with Crippen LogP contribution in [-0.2, 0) is 33.1 Å². The summed E-state index contributed by atoms with van der Waals surface area (Å²) in [5.74, 6) is 0.902. The van der Waals surface area contributed by atoms with E-state index >= 15 is 0 Å². The minimum atomic E-state index is -2.77. The number of alkyl halides is 2. The van der Waals surface area contributed by atoms with Crippen molar-refractivity contribution in [2.24, 2.45) is 5.10 Å². The molecule has 2 atom stereocenters. The second-order valence-corrected chi connectivity index (χ2v) is 11.0. The van der Waals surface area contributed by atoms with E-state index in [9.17, 15) is 21.6 Å². The van der Waals surface area contributed by atoms with Gasteiger partial charge in [-0.25, -0.2) is 17.4 Å². The zero-order valence-corrected chi connectivity index (χ0v) is 19.9. The smallest absolute Gasteiger partial charge is 0.294 e. The van der Waals surface area contributed by atoms with Gasteiger partial charge in [0.1, 0.15) is 16.8 Å². The van der Waals surface area contributed by atoms with Gasteiger partial charge in [-0.15, -0.1) is 5.10 Å². The number of halogens is 3. The molecule has 0 aromatic heterocycles. The van der Waals surface area contributed by atoms with Gasteiger partial charge in [0.25, 0.3) is 6.43 Å². The van der Waals surface area contributed by atoms with E-state index < -0.39 is 40.3 Å². The molecule has 2 heterocycles. The van der Waals surface area contributed by atoms with E-state index in [0.29, 0.717) is 48.1 Å². The molecule has 12 heteroatoms. The van der Waals surface area contributed by atoms with Crippen LogP contribution in [0.3, 0.4) is 0 Å². The summed E-state index contributed by atoms with van der Waals surface area (Å²) >= 11 is 0.